The molecule has 0 aliphatic rings. The van der Waals surface area contributed by atoms with Crippen molar-refractivity contribution in [3.05, 3.63) is 12.7 Å². The third-order valence-electron chi connectivity index (χ3n) is 2.94. The van der Waals surface area contributed by atoms with E-state index in [1.807, 2.05) is 27.8 Å². The average Bonchev–Trinajstić information content (AvgIpc) is 2.72. The highest BCUT2D eigenvalue weighted by Crippen LogP contribution is 2.18. The van der Waals surface area contributed by atoms with Crippen molar-refractivity contribution in [3.8, 4) is 0 Å². The summed E-state index contributed by atoms with van der Waals surface area (Å²) in [4.78, 5) is 24.1. The van der Waals surface area contributed by atoms with Gasteiger partial charge in [-0.25, -0.2) is 19.7 Å². The lowest BCUT2D eigenvalue weighted by molar-refractivity contribution is 0.0461. The van der Waals surface area contributed by atoms with Crippen LogP contribution in [0.25, 0.3) is 11.2 Å². The number of aromatic nitrogens is 4. The fourth-order valence-electron chi connectivity index (χ4n) is 1.48. The second-order valence-electron chi connectivity index (χ2n) is 4.88. The molecule has 0 aliphatic carbocycles. The Morgan fingerprint density at radius 2 is 2.16 bits per heavy atom. The van der Waals surface area contributed by atoms with E-state index >= 15 is 0 Å². The predicted octanol–water partition coefficient (Wildman–Crippen LogP) is 2.10. The van der Waals surface area contributed by atoms with Gasteiger partial charge in [-0.2, -0.15) is 0 Å². The number of ether oxygens (including phenoxy) is 1. The Bertz CT molecular complexity index is 605. The minimum atomic E-state index is -0.544. The quantitative estimate of drug-likeness (QED) is 0.917. The Kier molecular flexibility index (Phi) is 3.37. The van der Waals surface area contributed by atoms with Crippen LogP contribution in [-0.4, -0.2) is 31.2 Å². The van der Waals surface area contributed by atoms with Gasteiger partial charge in [0.15, 0.2) is 17.0 Å². The maximum absolute atomic E-state index is 11.8. The van der Waals surface area contributed by atoms with Gasteiger partial charge in [-0.3, -0.25) is 5.32 Å². The van der Waals surface area contributed by atoms with Crippen molar-refractivity contribution in [2.45, 2.75) is 32.8 Å². The Labute approximate surface area is 111 Å². The van der Waals surface area contributed by atoms with Crippen molar-refractivity contribution >= 4 is 23.1 Å². The first-order valence-corrected chi connectivity index (χ1v) is 6.05. The van der Waals surface area contributed by atoms with Gasteiger partial charge in [-0.05, 0) is 20.3 Å². The SMILES string of the molecule is CCC(C)(C)OC(=O)Nc1ncnc2c1ncn2C. The van der Waals surface area contributed by atoms with Gasteiger partial charge in [0.2, 0.25) is 0 Å². The van der Waals surface area contributed by atoms with Crippen molar-refractivity contribution in [2.75, 3.05) is 5.32 Å². The summed E-state index contributed by atoms with van der Waals surface area (Å²) in [5.41, 5.74) is 0.677. The van der Waals surface area contributed by atoms with Gasteiger partial charge in [0.1, 0.15) is 11.9 Å². The summed E-state index contributed by atoms with van der Waals surface area (Å²) in [6, 6.07) is 0. The van der Waals surface area contributed by atoms with Crippen LogP contribution in [-0.2, 0) is 11.8 Å². The van der Waals surface area contributed by atoms with Crippen LogP contribution >= 0.6 is 0 Å². The van der Waals surface area contributed by atoms with E-state index in [-0.39, 0.29) is 0 Å². The molecule has 0 fully saturated rings. The summed E-state index contributed by atoms with van der Waals surface area (Å²) in [5, 5.41) is 2.60. The Morgan fingerprint density at radius 1 is 1.42 bits per heavy atom. The fraction of sp³-hybridized carbons (Fsp3) is 0.500. The number of fused-ring (bicyclic) bond motifs is 1. The smallest absolute Gasteiger partial charge is 0.413 e. The summed E-state index contributed by atoms with van der Waals surface area (Å²) in [6.07, 6.45) is 3.18. The van der Waals surface area contributed by atoms with Gasteiger partial charge >= 0.3 is 6.09 Å². The van der Waals surface area contributed by atoms with E-state index < -0.39 is 11.7 Å². The first kappa shape index (κ1) is 13.3. The molecule has 0 bridgehead atoms. The molecule has 7 heteroatoms. The second kappa shape index (κ2) is 4.83. The minimum absolute atomic E-state index is 0.350. The Morgan fingerprint density at radius 3 is 2.84 bits per heavy atom. The van der Waals surface area contributed by atoms with E-state index in [2.05, 4.69) is 20.3 Å². The molecule has 0 saturated heterocycles. The molecule has 2 rings (SSSR count). The summed E-state index contributed by atoms with van der Waals surface area (Å²) < 4.78 is 7.06. The molecule has 2 heterocycles. The van der Waals surface area contributed by atoms with Crippen LogP contribution in [0.3, 0.4) is 0 Å². The lowest BCUT2D eigenvalue weighted by atomic mass is 10.1. The van der Waals surface area contributed by atoms with Gasteiger partial charge in [-0.1, -0.05) is 6.92 Å². The number of imidazole rings is 1. The maximum atomic E-state index is 11.8. The van der Waals surface area contributed by atoms with E-state index in [1.165, 1.54) is 6.33 Å². The molecular formula is C12H17N5O2. The molecule has 0 saturated carbocycles. The molecule has 0 aliphatic heterocycles. The van der Waals surface area contributed by atoms with Crippen LogP contribution in [0.2, 0.25) is 0 Å². The van der Waals surface area contributed by atoms with Crippen LogP contribution in [0.4, 0.5) is 10.6 Å². The molecule has 0 atom stereocenters. The van der Waals surface area contributed by atoms with Crippen LogP contribution in [0.5, 0.6) is 0 Å². The first-order valence-electron chi connectivity index (χ1n) is 6.05. The molecule has 19 heavy (non-hydrogen) atoms. The molecule has 7 nitrogen and oxygen atoms in total. The topological polar surface area (TPSA) is 81.9 Å². The van der Waals surface area contributed by atoms with Gasteiger partial charge < -0.3 is 9.30 Å². The third kappa shape index (κ3) is 2.81. The van der Waals surface area contributed by atoms with E-state index in [9.17, 15) is 4.79 Å². The molecule has 1 N–H and O–H groups in total. The third-order valence-corrected chi connectivity index (χ3v) is 2.94. The lowest BCUT2D eigenvalue weighted by Gasteiger charge is -2.23. The molecule has 0 aromatic carbocycles. The monoisotopic (exact) mass is 263 g/mol. The number of anilines is 1. The van der Waals surface area contributed by atoms with Crippen LogP contribution in [0.15, 0.2) is 12.7 Å². The highest BCUT2D eigenvalue weighted by molar-refractivity contribution is 5.93. The van der Waals surface area contributed by atoms with Crippen LogP contribution in [0, 0.1) is 0 Å². The van der Waals surface area contributed by atoms with Crippen molar-refractivity contribution in [2.24, 2.45) is 7.05 Å². The number of aryl methyl sites for hydroxylation is 1. The number of rotatable bonds is 3. The largest absolute Gasteiger partial charge is 0.443 e. The molecule has 0 spiro atoms. The summed E-state index contributed by atoms with van der Waals surface area (Å²) in [5.74, 6) is 0.350. The van der Waals surface area contributed by atoms with Crippen molar-refractivity contribution in [1.29, 1.82) is 0 Å². The number of carbonyl (C=O) groups is 1. The van der Waals surface area contributed by atoms with E-state index in [0.717, 1.165) is 6.42 Å². The molecule has 102 valence electrons. The van der Waals surface area contributed by atoms with Crippen molar-refractivity contribution in [1.82, 2.24) is 19.5 Å². The van der Waals surface area contributed by atoms with E-state index in [4.69, 9.17) is 4.74 Å². The summed E-state index contributed by atoms with van der Waals surface area (Å²) in [7, 11) is 1.82. The average molecular weight is 263 g/mol. The van der Waals surface area contributed by atoms with Gasteiger partial charge in [-0.15, -0.1) is 0 Å². The number of nitrogens with one attached hydrogen (secondary N) is 1. The molecule has 0 unspecified atom stereocenters. The van der Waals surface area contributed by atoms with Crippen molar-refractivity contribution in [3.63, 3.8) is 0 Å². The number of hydrogen-bond donors (Lipinski definition) is 1. The zero-order chi connectivity index (χ0) is 14.0. The Hall–Kier alpha value is -2.18. The number of hydrogen-bond acceptors (Lipinski definition) is 5. The predicted molar refractivity (Wildman–Crippen MR) is 70.8 cm³/mol. The molecule has 0 radical (unpaired) electrons. The standard InChI is InChI=1S/C12H17N5O2/c1-5-12(2,3)19-11(18)16-9-8-10(14-6-13-9)17(4)7-15-8/h6-7H,5H2,1-4H3,(H,13,14,16,18). The van der Waals surface area contributed by atoms with Gasteiger partial charge in [0, 0.05) is 7.05 Å². The van der Waals surface area contributed by atoms with Crippen LogP contribution < -0.4 is 5.32 Å². The fourth-order valence-corrected chi connectivity index (χ4v) is 1.48. The molecule has 2 aromatic rings. The Balaban J connectivity index is 2.20. The lowest BCUT2D eigenvalue weighted by Crippen LogP contribution is -2.30. The second-order valence-corrected chi connectivity index (χ2v) is 4.88. The van der Waals surface area contributed by atoms with Gasteiger partial charge in [0.05, 0.1) is 6.33 Å². The van der Waals surface area contributed by atoms with Crippen LogP contribution in [0.1, 0.15) is 27.2 Å². The summed E-state index contributed by atoms with van der Waals surface area (Å²) in [6.45, 7) is 5.65. The zero-order valence-electron chi connectivity index (χ0n) is 11.5. The van der Waals surface area contributed by atoms with Gasteiger partial charge in [0.25, 0.3) is 0 Å². The molecule has 1 amide bonds. The number of nitrogens with zero attached hydrogens (tertiary/aromatic N) is 4. The minimum Gasteiger partial charge on any atom is -0.443 e. The molecule has 2 aromatic heterocycles. The highest BCUT2D eigenvalue weighted by atomic mass is 16.6. The van der Waals surface area contributed by atoms with Crippen molar-refractivity contribution < 1.29 is 9.53 Å². The number of carbonyl (C=O) groups excluding carboxylic acids is 1. The number of amides is 1. The zero-order valence-corrected chi connectivity index (χ0v) is 11.5. The van der Waals surface area contributed by atoms with E-state index in [1.54, 1.807) is 10.9 Å². The molecular weight excluding hydrogens is 246 g/mol. The van der Waals surface area contributed by atoms with E-state index in [0.29, 0.717) is 17.0 Å². The highest BCUT2D eigenvalue weighted by Gasteiger charge is 2.21. The first-order chi connectivity index (χ1) is 8.93. The normalized spacial score (nSPS) is 11.6. The summed E-state index contributed by atoms with van der Waals surface area (Å²) >= 11 is 0. The maximum Gasteiger partial charge on any atom is 0.413 e.